The Hall–Kier alpha value is -3.36. The fraction of sp³-hybridized carbons (Fsp3) is 0.538. The Labute approximate surface area is 205 Å². The van der Waals surface area contributed by atoms with Crippen molar-refractivity contribution in [3.63, 3.8) is 0 Å². The lowest BCUT2D eigenvalue weighted by molar-refractivity contribution is -0.120. The fourth-order valence-electron chi connectivity index (χ4n) is 4.51. The average molecular weight is 484 g/mol. The van der Waals surface area contributed by atoms with Crippen molar-refractivity contribution in [1.82, 2.24) is 9.55 Å². The van der Waals surface area contributed by atoms with Crippen LogP contribution in [0.4, 0.5) is 17.2 Å². The van der Waals surface area contributed by atoms with Gasteiger partial charge in [0.2, 0.25) is 5.91 Å². The van der Waals surface area contributed by atoms with E-state index in [2.05, 4.69) is 10.3 Å². The minimum atomic E-state index is -0.696. The van der Waals surface area contributed by atoms with E-state index in [1.807, 2.05) is 20.8 Å². The van der Waals surface area contributed by atoms with Crippen molar-refractivity contribution in [2.45, 2.75) is 72.3 Å². The zero-order chi connectivity index (χ0) is 25.5. The molecular weight excluding hydrogens is 446 g/mol. The summed E-state index contributed by atoms with van der Waals surface area (Å²) in [6.07, 6.45) is 6.47. The highest BCUT2D eigenvalue weighted by Crippen LogP contribution is 2.26. The molecule has 0 spiro atoms. The SMILES string of the molecule is CCCCN(C(=O)c1cccc(NC(=O)C2CCCCC2)c1)c1c(N)n(CC(C)C)c(=O)[nH]c1=O. The van der Waals surface area contributed by atoms with Crippen molar-refractivity contribution in [1.29, 1.82) is 0 Å². The number of hydrogen-bond acceptors (Lipinski definition) is 5. The van der Waals surface area contributed by atoms with Crippen LogP contribution in [0.25, 0.3) is 0 Å². The molecule has 1 fully saturated rings. The minimum absolute atomic E-state index is 0.00970. The van der Waals surface area contributed by atoms with Gasteiger partial charge in [-0.3, -0.25) is 23.9 Å². The number of nitrogens with zero attached hydrogens (tertiary/aromatic N) is 2. The number of carbonyl (C=O) groups is 2. The van der Waals surface area contributed by atoms with Gasteiger partial charge in [0.15, 0.2) is 5.69 Å². The number of H-pyrrole nitrogens is 1. The van der Waals surface area contributed by atoms with Crippen LogP contribution in [0.3, 0.4) is 0 Å². The topological polar surface area (TPSA) is 130 Å². The number of rotatable bonds is 9. The summed E-state index contributed by atoms with van der Waals surface area (Å²) in [6.45, 7) is 6.43. The number of hydrogen-bond donors (Lipinski definition) is 3. The van der Waals surface area contributed by atoms with Crippen molar-refractivity contribution >= 4 is 29.0 Å². The maximum absolute atomic E-state index is 13.6. The number of nitrogens with two attached hydrogens (primary N) is 1. The molecule has 190 valence electrons. The highest BCUT2D eigenvalue weighted by Gasteiger charge is 2.26. The highest BCUT2D eigenvalue weighted by molar-refractivity contribution is 6.08. The third kappa shape index (κ3) is 6.41. The average Bonchev–Trinajstić information content (AvgIpc) is 2.84. The number of benzene rings is 1. The molecule has 1 aromatic heterocycles. The van der Waals surface area contributed by atoms with Gasteiger partial charge in [0.25, 0.3) is 11.5 Å². The van der Waals surface area contributed by atoms with E-state index in [-0.39, 0.29) is 35.8 Å². The van der Waals surface area contributed by atoms with Crippen molar-refractivity contribution in [2.75, 3.05) is 22.5 Å². The van der Waals surface area contributed by atoms with E-state index in [9.17, 15) is 19.2 Å². The second-order valence-electron chi connectivity index (χ2n) is 9.71. The monoisotopic (exact) mass is 483 g/mol. The van der Waals surface area contributed by atoms with Crippen molar-refractivity contribution < 1.29 is 9.59 Å². The Morgan fingerprint density at radius 1 is 1.20 bits per heavy atom. The quantitative estimate of drug-likeness (QED) is 0.500. The van der Waals surface area contributed by atoms with E-state index in [4.69, 9.17) is 5.73 Å². The molecule has 2 aromatic rings. The molecule has 1 saturated carbocycles. The van der Waals surface area contributed by atoms with Crippen LogP contribution >= 0.6 is 0 Å². The summed E-state index contributed by atoms with van der Waals surface area (Å²) in [5.41, 5.74) is 5.83. The standard InChI is InChI=1S/C26H37N5O4/c1-4-5-14-30(21-22(27)31(16-17(2)3)26(35)29-24(21)33)25(34)19-12-9-13-20(15-19)28-23(32)18-10-7-6-8-11-18/h9,12-13,15,17-18H,4-8,10-11,14,16,27H2,1-3H3,(H,28,32)(H,29,33,35). The Bertz CT molecular complexity index is 1160. The molecule has 0 aliphatic heterocycles. The molecule has 4 N–H and O–H groups in total. The van der Waals surface area contributed by atoms with Gasteiger partial charge in [-0.25, -0.2) is 4.79 Å². The van der Waals surface area contributed by atoms with Gasteiger partial charge in [0, 0.05) is 30.3 Å². The maximum Gasteiger partial charge on any atom is 0.330 e. The number of unbranched alkanes of at least 4 members (excludes halogenated alkanes) is 1. The van der Waals surface area contributed by atoms with E-state index in [0.717, 1.165) is 38.5 Å². The second-order valence-corrected chi connectivity index (χ2v) is 9.71. The lowest BCUT2D eigenvalue weighted by Gasteiger charge is -2.25. The molecule has 2 amide bonds. The van der Waals surface area contributed by atoms with E-state index in [1.165, 1.54) is 9.47 Å². The predicted molar refractivity (Wildman–Crippen MR) is 139 cm³/mol. The Balaban J connectivity index is 1.94. The van der Waals surface area contributed by atoms with Crippen LogP contribution in [-0.2, 0) is 11.3 Å². The Morgan fingerprint density at radius 2 is 1.91 bits per heavy atom. The van der Waals surface area contributed by atoms with Crippen molar-refractivity contribution in [2.24, 2.45) is 11.8 Å². The number of anilines is 3. The van der Waals surface area contributed by atoms with Crippen LogP contribution in [0, 0.1) is 11.8 Å². The molecule has 0 unspecified atom stereocenters. The molecule has 35 heavy (non-hydrogen) atoms. The van der Waals surface area contributed by atoms with Crippen molar-refractivity contribution in [3.8, 4) is 0 Å². The minimum Gasteiger partial charge on any atom is -0.383 e. The molecule has 9 nitrogen and oxygen atoms in total. The lowest BCUT2D eigenvalue weighted by Crippen LogP contribution is -2.42. The molecule has 9 heteroatoms. The normalized spacial score (nSPS) is 14.2. The molecule has 3 rings (SSSR count). The Kier molecular flexibility index (Phi) is 8.89. The third-order valence-electron chi connectivity index (χ3n) is 6.37. The first-order valence-electron chi connectivity index (χ1n) is 12.6. The number of aromatic nitrogens is 2. The first kappa shape index (κ1) is 26.2. The summed E-state index contributed by atoms with van der Waals surface area (Å²) in [6, 6.07) is 6.72. The molecule has 0 radical (unpaired) electrons. The van der Waals surface area contributed by atoms with E-state index in [0.29, 0.717) is 24.2 Å². The van der Waals surface area contributed by atoms with Gasteiger partial charge in [0.05, 0.1) is 0 Å². The molecule has 1 aliphatic carbocycles. The molecule has 0 bridgehead atoms. The summed E-state index contributed by atoms with van der Waals surface area (Å²) < 4.78 is 1.30. The van der Waals surface area contributed by atoms with Gasteiger partial charge in [0.1, 0.15) is 5.82 Å². The van der Waals surface area contributed by atoms with Gasteiger partial charge in [-0.1, -0.05) is 52.5 Å². The largest absolute Gasteiger partial charge is 0.383 e. The van der Waals surface area contributed by atoms with Gasteiger partial charge >= 0.3 is 5.69 Å². The summed E-state index contributed by atoms with van der Waals surface area (Å²) in [4.78, 5) is 55.2. The summed E-state index contributed by atoms with van der Waals surface area (Å²) in [5.74, 6) is -0.376. The van der Waals surface area contributed by atoms with E-state index < -0.39 is 17.2 Å². The number of aromatic amines is 1. The van der Waals surface area contributed by atoms with Crippen molar-refractivity contribution in [3.05, 3.63) is 50.7 Å². The molecule has 1 heterocycles. The van der Waals surface area contributed by atoms with Crippen LogP contribution in [0.5, 0.6) is 0 Å². The van der Waals surface area contributed by atoms with Crippen LogP contribution in [0.2, 0.25) is 0 Å². The first-order valence-corrected chi connectivity index (χ1v) is 12.6. The lowest BCUT2D eigenvalue weighted by atomic mass is 9.88. The van der Waals surface area contributed by atoms with E-state index >= 15 is 0 Å². The summed E-state index contributed by atoms with van der Waals surface area (Å²) in [5, 5.41) is 2.94. The van der Waals surface area contributed by atoms with E-state index in [1.54, 1.807) is 24.3 Å². The maximum atomic E-state index is 13.6. The van der Waals surface area contributed by atoms with Gasteiger partial charge in [-0.2, -0.15) is 0 Å². The smallest absolute Gasteiger partial charge is 0.330 e. The zero-order valence-electron chi connectivity index (χ0n) is 20.9. The fourth-order valence-corrected chi connectivity index (χ4v) is 4.51. The van der Waals surface area contributed by atoms with Gasteiger partial charge in [-0.15, -0.1) is 0 Å². The second kappa shape index (κ2) is 11.9. The van der Waals surface area contributed by atoms with Crippen LogP contribution in [0.1, 0.15) is 76.1 Å². The predicted octanol–water partition coefficient (Wildman–Crippen LogP) is 3.74. The summed E-state index contributed by atoms with van der Waals surface area (Å²) in [7, 11) is 0. The van der Waals surface area contributed by atoms with Crippen LogP contribution < -0.4 is 27.2 Å². The molecule has 0 saturated heterocycles. The molecule has 0 atom stereocenters. The third-order valence-corrected chi connectivity index (χ3v) is 6.37. The number of amides is 2. The number of nitrogens with one attached hydrogen (secondary N) is 2. The van der Waals surface area contributed by atoms with Gasteiger partial charge < -0.3 is 16.0 Å². The molecule has 1 aliphatic rings. The van der Waals surface area contributed by atoms with Crippen LogP contribution in [0.15, 0.2) is 33.9 Å². The first-order chi connectivity index (χ1) is 16.7. The Morgan fingerprint density at radius 3 is 2.57 bits per heavy atom. The van der Waals surface area contributed by atoms with Gasteiger partial charge in [-0.05, 0) is 43.4 Å². The summed E-state index contributed by atoms with van der Waals surface area (Å²) >= 11 is 0. The zero-order valence-corrected chi connectivity index (χ0v) is 20.9. The number of nitrogen functional groups attached to an aromatic ring is 1. The molecule has 1 aromatic carbocycles. The highest BCUT2D eigenvalue weighted by atomic mass is 16.2. The van der Waals surface area contributed by atoms with Crippen LogP contribution in [-0.4, -0.2) is 27.9 Å². The molecular formula is C26H37N5O4. The number of carbonyl (C=O) groups excluding carboxylic acids is 2.